The van der Waals surface area contributed by atoms with Gasteiger partial charge in [-0.3, -0.25) is 0 Å². The summed E-state index contributed by atoms with van der Waals surface area (Å²) in [5.74, 6) is 0.795. The molecule has 5 heteroatoms. The monoisotopic (exact) mass is 224 g/mol. The third-order valence-electron chi connectivity index (χ3n) is 1.96. The van der Waals surface area contributed by atoms with Crippen LogP contribution in [0.3, 0.4) is 0 Å². The van der Waals surface area contributed by atoms with Crippen LogP contribution in [0, 0.1) is 0 Å². The van der Waals surface area contributed by atoms with Crippen LogP contribution in [0.5, 0.6) is 0 Å². The summed E-state index contributed by atoms with van der Waals surface area (Å²) >= 11 is 1.49. The predicted molar refractivity (Wildman–Crippen MR) is 60.8 cm³/mol. The molecule has 0 bridgehead atoms. The number of benzene rings is 1. The minimum Gasteiger partial charge on any atom is -0.431 e. The van der Waals surface area contributed by atoms with Gasteiger partial charge in [-0.1, -0.05) is 17.8 Å². The number of aromatic nitrogens is 1. The van der Waals surface area contributed by atoms with Gasteiger partial charge in [0.05, 0.1) is 5.69 Å². The van der Waals surface area contributed by atoms with Crippen molar-refractivity contribution in [1.82, 2.24) is 4.98 Å². The fourth-order valence-corrected chi connectivity index (χ4v) is 1.99. The third kappa shape index (κ3) is 2.24. The molecule has 0 unspecified atom stereocenters. The lowest BCUT2D eigenvalue weighted by molar-refractivity contribution is 0.296. The van der Waals surface area contributed by atoms with Crippen LogP contribution in [0.1, 0.15) is 6.42 Å². The van der Waals surface area contributed by atoms with Gasteiger partial charge in [-0.05, 0) is 18.6 Å². The Labute approximate surface area is 91.5 Å². The lowest BCUT2D eigenvalue weighted by Gasteiger charge is -1.91. The molecule has 0 saturated carbocycles. The highest BCUT2D eigenvalue weighted by molar-refractivity contribution is 7.99. The third-order valence-corrected chi connectivity index (χ3v) is 2.87. The molecule has 0 aliphatic carbocycles. The summed E-state index contributed by atoms with van der Waals surface area (Å²) < 4.78 is 5.49. The number of aliphatic hydroxyl groups excluding tert-OH is 1. The number of para-hydroxylation sites is 1. The quantitative estimate of drug-likeness (QED) is 0.471. The van der Waals surface area contributed by atoms with Gasteiger partial charge in [-0.2, -0.15) is 0 Å². The molecule has 1 heterocycles. The molecule has 0 atom stereocenters. The summed E-state index contributed by atoms with van der Waals surface area (Å²) in [7, 11) is 0. The standard InChI is InChI=1S/C10H12N2O2S/c11-7-3-1-4-8-9(7)12-10(14-8)15-6-2-5-13/h1,3-4,13H,2,5-6,11H2. The number of thioether (sulfide) groups is 1. The molecule has 0 aliphatic rings. The first-order valence-corrected chi connectivity index (χ1v) is 5.68. The molecule has 1 aromatic heterocycles. The summed E-state index contributed by atoms with van der Waals surface area (Å²) in [6.45, 7) is 0.190. The van der Waals surface area contributed by atoms with Crippen LogP contribution in [-0.2, 0) is 0 Å². The maximum absolute atomic E-state index is 8.64. The largest absolute Gasteiger partial charge is 0.431 e. The average Bonchev–Trinajstić information content (AvgIpc) is 2.63. The molecule has 0 spiro atoms. The van der Waals surface area contributed by atoms with E-state index >= 15 is 0 Å². The van der Waals surface area contributed by atoms with E-state index in [9.17, 15) is 0 Å². The van der Waals surface area contributed by atoms with Crippen molar-refractivity contribution in [2.75, 3.05) is 18.1 Å². The zero-order chi connectivity index (χ0) is 10.7. The number of aliphatic hydroxyl groups is 1. The van der Waals surface area contributed by atoms with Crippen molar-refractivity contribution >= 4 is 28.5 Å². The summed E-state index contributed by atoms with van der Waals surface area (Å²) in [5.41, 5.74) is 7.80. The second-order valence-electron chi connectivity index (χ2n) is 3.10. The minimum absolute atomic E-state index is 0.190. The molecule has 0 radical (unpaired) electrons. The Bertz CT molecular complexity index is 456. The minimum atomic E-state index is 0.190. The van der Waals surface area contributed by atoms with E-state index in [0.717, 1.165) is 12.2 Å². The lowest BCUT2D eigenvalue weighted by Crippen LogP contribution is -1.86. The number of nitrogens with two attached hydrogens (primary N) is 1. The summed E-state index contributed by atoms with van der Waals surface area (Å²) in [6, 6.07) is 5.48. The van der Waals surface area contributed by atoms with Crippen LogP contribution < -0.4 is 5.73 Å². The van der Waals surface area contributed by atoms with E-state index in [1.54, 1.807) is 6.07 Å². The van der Waals surface area contributed by atoms with Crippen molar-refractivity contribution in [3.05, 3.63) is 18.2 Å². The SMILES string of the molecule is Nc1cccc2oc(SCCCO)nc12. The number of fused-ring (bicyclic) bond motifs is 1. The van der Waals surface area contributed by atoms with Gasteiger partial charge in [-0.25, -0.2) is 4.98 Å². The molecule has 0 saturated heterocycles. The van der Waals surface area contributed by atoms with E-state index in [2.05, 4.69) is 4.98 Å². The van der Waals surface area contributed by atoms with Gasteiger partial charge in [0.1, 0.15) is 5.52 Å². The Kier molecular flexibility index (Phi) is 3.13. The molecular formula is C10H12N2O2S. The number of rotatable bonds is 4. The Hall–Kier alpha value is -1.20. The van der Waals surface area contributed by atoms with E-state index < -0.39 is 0 Å². The first-order chi connectivity index (χ1) is 7.31. The van der Waals surface area contributed by atoms with Crippen LogP contribution in [0.25, 0.3) is 11.1 Å². The van der Waals surface area contributed by atoms with Gasteiger partial charge in [0.2, 0.25) is 0 Å². The van der Waals surface area contributed by atoms with Crippen molar-refractivity contribution in [3.63, 3.8) is 0 Å². The van der Waals surface area contributed by atoms with Crippen LogP contribution in [0.15, 0.2) is 27.8 Å². The zero-order valence-electron chi connectivity index (χ0n) is 8.14. The molecule has 4 nitrogen and oxygen atoms in total. The number of hydrogen-bond donors (Lipinski definition) is 2. The van der Waals surface area contributed by atoms with Gasteiger partial charge in [0, 0.05) is 12.4 Å². The van der Waals surface area contributed by atoms with Crippen molar-refractivity contribution in [2.24, 2.45) is 0 Å². The number of anilines is 1. The highest BCUT2D eigenvalue weighted by Crippen LogP contribution is 2.26. The van der Waals surface area contributed by atoms with Crippen molar-refractivity contribution in [2.45, 2.75) is 11.6 Å². The fourth-order valence-electron chi connectivity index (χ4n) is 1.24. The average molecular weight is 224 g/mol. The Morgan fingerprint density at radius 1 is 1.47 bits per heavy atom. The fraction of sp³-hybridized carbons (Fsp3) is 0.300. The van der Waals surface area contributed by atoms with E-state index in [1.807, 2.05) is 12.1 Å². The van der Waals surface area contributed by atoms with Crippen molar-refractivity contribution in [3.8, 4) is 0 Å². The number of oxazole rings is 1. The van der Waals surface area contributed by atoms with Gasteiger partial charge >= 0.3 is 0 Å². The highest BCUT2D eigenvalue weighted by Gasteiger charge is 2.07. The molecule has 0 aliphatic heterocycles. The zero-order valence-corrected chi connectivity index (χ0v) is 8.96. The van der Waals surface area contributed by atoms with E-state index in [-0.39, 0.29) is 6.61 Å². The van der Waals surface area contributed by atoms with Gasteiger partial charge in [0.25, 0.3) is 5.22 Å². The summed E-state index contributed by atoms with van der Waals surface area (Å²) in [5, 5.41) is 9.25. The maximum Gasteiger partial charge on any atom is 0.256 e. The molecule has 0 amide bonds. The first-order valence-electron chi connectivity index (χ1n) is 4.70. The normalized spacial score (nSPS) is 11.0. The molecule has 0 fully saturated rings. The summed E-state index contributed by atoms with van der Waals surface area (Å²) in [4.78, 5) is 4.27. The molecule has 3 N–H and O–H groups in total. The van der Waals surface area contributed by atoms with Crippen LogP contribution in [0.2, 0.25) is 0 Å². The molecule has 80 valence electrons. The molecular weight excluding hydrogens is 212 g/mol. The Morgan fingerprint density at radius 2 is 2.33 bits per heavy atom. The van der Waals surface area contributed by atoms with Gasteiger partial charge in [0.15, 0.2) is 5.58 Å². The van der Waals surface area contributed by atoms with E-state index in [4.69, 9.17) is 15.3 Å². The topological polar surface area (TPSA) is 72.3 Å². The Balaban J connectivity index is 2.20. The van der Waals surface area contributed by atoms with Crippen LogP contribution in [0.4, 0.5) is 5.69 Å². The van der Waals surface area contributed by atoms with Crippen molar-refractivity contribution in [1.29, 1.82) is 0 Å². The molecule has 15 heavy (non-hydrogen) atoms. The number of nitrogen functional groups attached to an aromatic ring is 1. The van der Waals surface area contributed by atoms with Gasteiger partial charge < -0.3 is 15.3 Å². The summed E-state index contributed by atoms with van der Waals surface area (Å²) in [6.07, 6.45) is 0.735. The maximum atomic E-state index is 8.64. The molecule has 2 rings (SSSR count). The van der Waals surface area contributed by atoms with Crippen LogP contribution >= 0.6 is 11.8 Å². The van der Waals surface area contributed by atoms with E-state index in [1.165, 1.54) is 11.8 Å². The molecule has 1 aromatic carbocycles. The number of nitrogens with zero attached hydrogens (tertiary/aromatic N) is 1. The molecule has 2 aromatic rings. The highest BCUT2D eigenvalue weighted by atomic mass is 32.2. The number of hydrogen-bond acceptors (Lipinski definition) is 5. The van der Waals surface area contributed by atoms with E-state index in [0.29, 0.717) is 22.0 Å². The first kappa shape index (κ1) is 10.3. The second kappa shape index (κ2) is 4.55. The predicted octanol–water partition coefficient (Wildman–Crippen LogP) is 1.88. The smallest absolute Gasteiger partial charge is 0.256 e. The van der Waals surface area contributed by atoms with Crippen LogP contribution in [-0.4, -0.2) is 22.5 Å². The Morgan fingerprint density at radius 3 is 3.07 bits per heavy atom. The van der Waals surface area contributed by atoms with Crippen molar-refractivity contribution < 1.29 is 9.52 Å². The van der Waals surface area contributed by atoms with Gasteiger partial charge in [-0.15, -0.1) is 0 Å². The second-order valence-corrected chi connectivity index (χ2v) is 4.15. The lowest BCUT2D eigenvalue weighted by atomic mass is 10.3.